The Kier molecular flexibility index (Phi) is 5.65. The van der Waals surface area contributed by atoms with E-state index in [1.165, 1.54) is 31.2 Å². The molecule has 0 heterocycles. The van der Waals surface area contributed by atoms with Gasteiger partial charge in [0, 0.05) is 18.1 Å². The van der Waals surface area contributed by atoms with Gasteiger partial charge in [-0.05, 0) is 58.0 Å². The molecule has 0 spiro atoms. The maximum absolute atomic E-state index is 5.21. The fourth-order valence-corrected chi connectivity index (χ4v) is 3.37. The number of nitrogens with one attached hydrogen (secondary N) is 1. The summed E-state index contributed by atoms with van der Waals surface area (Å²) in [5.41, 5.74) is 1.73. The number of ether oxygens (including phenoxy) is 1. The first-order chi connectivity index (χ1) is 10.1. The fraction of sp³-hybridized carbons (Fsp3) is 0.667. The largest absolute Gasteiger partial charge is 0.497 e. The molecule has 21 heavy (non-hydrogen) atoms. The van der Waals surface area contributed by atoms with E-state index in [0.717, 1.165) is 18.7 Å². The first kappa shape index (κ1) is 16.3. The van der Waals surface area contributed by atoms with E-state index in [0.29, 0.717) is 11.6 Å². The van der Waals surface area contributed by atoms with Crippen molar-refractivity contribution in [2.45, 2.75) is 50.6 Å². The van der Waals surface area contributed by atoms with Crippen LogP contribution in [0.3, 0.4) is 0 Å². The third kappa shape index (κ3) is 4.21. The zero-order valence-electron chi connectivity index (χ0n) is 14.0. The van der Waals surface area contributed by atoms with Crippen LogP contribution in [-0.2, 0) is 6.42 Å². The van der Waals surface area contributed by atoms with Crippen LogP contribution in [0.25, 0.3) is 0 Å². The van der Waals surface area contributed by atoms with Crippen LogP contribution in [0.5, 0.6) is 5.75 Å². The predicted molar refractivity (Wildman–Crippen MR) is 89.0 cm³/mol. The summed E-state index contributed by atoms with van der Waals surface area (Å²) in [6.45, 7) is 3.37. The standard InChI is InChI=1S/C18H30N2O/c1-15(13-16-7-9-17(21-4)10-8-16)19-14-18(20(2)3)11-5-6-12-18/h7-10,15,19H,5-6,11-14H2,1-4H3. The van der Waals surface area contributed by atoms with Gasteiger partial charge in [0.1, 0.15) is 5.75 Å². The van der Waals surface area contributed by atoms with Gasteiger partial charge in [-0.2, -0.15) is 0 Å². The summed E-state index contributed by atoms with van der Waals surface area (Å²) in [6, 6.07) is 8.90. The Labute approximate surface area is 129 Å². The Hall–Kier alpha value is -1.06. The van der Waals surface area contributed by atoms with E-state index in [2.05, 4.69) is 43.4 Å². The van der Waals surface area contributed by atoms with Gasteiger partial charge in [0.05, 0.1) is 7.11 Å². The van der Waals surface area contributed by atoms with Crippen molar-refractivity contribution in [2.24, 2.45) is 0 Å². The Bertz CT molecular complexity index is 421. The lowest BCUT2D eigenvalue weighted by Crippen LogP contribution is -2.51. The van der Waals surface area contributed by atoms with Crippen LogP contribution >= 0.6 is 0 Å². The van der Waals surface area contributed by atoms with E-state index >= 15 is 0 Å². The van der Waals surface area contributed by atoms with Crippen molar-refractivity contribution in [1.29, 1.82) is 0 Å². The van der Waals surface area contributed by atoms with Crippen molar-refractivity contribution in [3.8, 4) is 5.75 Å². The molecule has 0 saturated heterocycles. The van der Waals surface area contributed by atoms with Gasteiger partial charge in [0.25, 0.3) is 0 Å². The number of likely N-dealkylation sites (N-methyl/N-ethyl adjacent to an activating group) is 1. The molecule has 0 amide bonds. The molecule has 1 aromatic carbocycles. The molecule has 1 aliphatic rings. The molecule has 1 fully saturated rings. The highest BCUT2D eigenvalue weighted by atomic mass is 16.5. The van der Waals surface area contributed by atoms with Crippen molar-refractivity contribution in [2.75, 3.05) is 27.7 Å². The molecule has 1 aliphatic carbocycles. The fourth-order valence-electron chi connectivity index (χ4n) is 3.37. The lowest BCUT2D eigenvalue weighted by Gasteiger charge is -2.37. The molecule has 2 rings (SSSR count). The average molecular weight is 290 g/mol. The van der Waals surface area contributed by atoms with Gasteiger partial charge in [-0.15, -0.1) is 0 Å². The van der Waals surface area contributed by atoms with Crippen LogP contribution in [0, 0.1) is 0 Å². The number of nitrogens with zero attached hydrogens (tertiary/aromatic N) is 1. The molecule has 1 atom stereocenters. The molecule has 1 aromatic rings. The van der Waals surface area contributed by atoms with Crippen LogP contribution in [0.4, 0.5) is 0 Å². The zero-order chi connectivity index (χ0) is 15.3. The second-order valence-electron chi connectivity index (χ2n) is 6.66. The van der Waals surface area contributed by atoms with Crippen LogP contribution in [0.1, 0.15) is 38.2 Å². The summed E-state index contributed by atoms with van der Waals surface area (Å²) in [4.78, 5) is 2.42. The topological polar surface area (TPSA) is 24.5 Å². The molecule has 1 saturated carbocycles. The predicted octanol–water partition coefficient (Wildman–Crippen LogP) is 3.09. The normalized spacial score (nSPS) is 18.9. The minimum absolute atomic E-state index is 0.369. The summed E-state index contributed by atoms with van der Waals surface area (Å²) >= 11 is 0. The molecular weight excluding hydrogens is 260 g/mol. The van der Waals surface area contributed by atoms with Crippen molar-refractivity contribution in [3.05, 3.63) is 29.8 Å². The van der Waals surface area contributed by atoms with Crippen LogP contribution in [0.2, 0.25) is 0 Å². The van der Waals surface area contributed by atoms with E-state index < -0.39 is 0 Å². The van der Waals surface area contributed by atoms with Crippen molar-refractivity contribution < 1.29 is 4.74 Å². The monoisotopic (exact) mass is 290 g/mol. The van der Waals surface area contributed by atoms with E-state index in [1.807, 2.05) is 12.1 Å². The number of methoxy groups -OCH3 is 1. The van der Waals surface area contributed by atoms with Gasteiger partial charge in [0.2, 0.25) is 0 Å². The highest BCUT2D eigenvalue weighted by Crippen LogP contribution is 2.33. The number of hydrogen-bond acceptors (Lipinski definition) is 3. The number of benzene rings is 1. The summed E-state index contributed by atoms with van der Waals surface area (Å²) in [5.74, 6) is 0.928. The van der Waals surface area contributed by atoms with Gasteiger partial charge in [-0.3, -0.25) is 0 Å². The molecule has 0 aromatic heterocycles. The van der Waals surface area contributed by atoms with E-state index in [1.54, 1.807) is 7.11 Å². The van der Waals surface area contributed by atoms with Crippen LogP contribution < -0.4 is 10.1 Å². The second kappa shape index (κ2) is 7.28. The zero-order valence-corrected chi connectivity index (χ0v) is 14.0. The molecule has 0 aliphatic heterocycles. The first-order valence-corrected chi connectivity index (χ1v) is 8.09. The third-order valence-electron chi connectivity index (χ3n) is 4.96. The maximum Gasteiger partial charge on any atom is 0.118 e. The average Bonchev–Trinajstić information content (AvgIpc) is 2.96. The Morgan fingerprint density at radius 2 is 1.81 bits per heavy atom. The molecule has 1 N–H and O–H groups in total. The third-order valence-corrected chi connectivity index (χ3v) is 4.96. The van der Waals surface area contributed by atoms with Gasteiger partial charge in [-0.1, -0.05) is 25.0 Å². The second-order valence-corrected chi connectivity index (χ2v) is 6.66. The Morgan fingerprint density at radius 1 is 1.19 bits per heavy atom. The van der Waals surface area contributed by atoms with Gasteiger partial charge < -0.3 is 15.0 Å². The van der Waals surface area contributed by atoms with Crippen molar-refractivity contribution in [3.63, 3.8) is 0 Å². The van der Waals surface area contributed by atoms with E-state index in [-0.39, 0.29) is 0 Å². The van der Waals surface area contributed by atoms with Gasteiger partial charge in [-0.25, -0.2) is 0 Å². The summed E-state index contributed by atoms with van der Waals surface area (Å²) in [7, 11) is 6.16. The minimum Gasteiger partial charge on any atom is -0.497 e. The van der Waals surface area contributed by atoms with Gasteiger partial charge >= 0.3 is 0 Å². The van der Waals surface area contributed by atoms with Gasteiger partial charge in [0.15, 0.2) is 0 Å². The summed E-state index contributed by atoms with van der Waals surface area (Å²) in [6.07, 6.45) is 6.44. The molecule has 0 radical (unpaired) electrons. The minimum atomic E-state index is 0.369. The lowest BCUT2D eigenvalue weighted by molar-refractivity contribution is 0.150. The molecule has 0 bridgehead atoms. The summed E-state index contributed by atoms with van der Waals surface area (Å²) < 4.78 is 5.21. The Morgan fingerprint density at radius 3 is 2.33 bits per heavy atom. The van der Waals surface area contributed by atoms with E-state index in [9.17, 15) is 0 Å². The highest BCUT2D eigenvalue weighted by molar-refractivity contribution is 5.27. The highest BCUT2D eigenvalue weighted by Gasteiger charge is 2.35. The van der Waals surface area contributed by atoms with Crippen molar-refractivity contribution in [1.82, 2.24) is 10.2 Å². The summed E-state index contributed by atoms with van der Waals surface area (Å²) in [5, 5.41) is 3.75. The molecule has 3 nitrogen and oxygen atoms in total. The van der Waals surface area contributed by atoms with Crippen LogP contribution in [-0.4, -0.2) is 44.2 Å². The van der Waals surface area contributed by atoms with Crippen molar-refractivity contribution >= 4 is 0 Å². The van der Waals surface area contributed by atoms with E-state index in [4.69, 9.17) is 4.74 Å². The maximum atomic E-state index is 5.21. The smallest absolute Gasteiger partial charge is 0.118 e. The molecule has 3 heteroatoms. The Balaban J connectivity index is 1.84. The molecule has 1 unspecified atom stereocenters. The molecular formula is C18H30N2O. The SMILES string of the molecule is COc1ccc(CC(C)NCC2(N(C)C)CCCC2)cc1. The molecule has 118 valence electrons. The lowest BCUT2D eigenvalue weighted by atomic mass is 9.95. The van der Waals surface area contributed by atoms with Crippen LogP contribution in [0.15, 0.2) is 24.3 Å². The number of hydrogen-bond donors (Lipinski definition) is 1. The first-order valence-electron chi connectivity index (χ1n) is 8.09. The number of rotatable bonds is 7. The quantitative estimate of drug-likeness (QED) is 0.835.